The summed E-state index contributed by atoms with van der Waals surface area (Å²) in [6.45, 7) is 1.95. The van der Waals surface area contributed by atoms with Crippen molar-refractivity contribution in [1.29, 1.82) is 0 Å². The Balaban J connectivity index is 2.61. The van der Waals surface area contributed by atoms with Crippen molar-refractivity contribution in [2.75, 3.05) is 7.05 Å². The molecule has 2 nitrogen and oxygen atoms in total. The van der Waals surface area contributed by atoms with E-state index in [1.165, 1.54) is 0 Å². The summed E-state index contributed by atoms with van der Waals surface area (Å²) in [6, 6.07) is 0. The standard InChI is InChI=1S/C7H11NOS/c1-7(6(9)8-2)4-3-5-10-7/h3,5H,4H2,1-2H3,(H,8,9). The molecular formula is C7H11NOS. The molecular weight excluding hydrogens is 146 g/mol. The van der Waals surface area contributed by atoms with Gasteiger partial charge in [-0.05, 0) is 18.8 Å². The fourth-order valence-electron chi connectivity index (χ4n) is 0.930. The Morgan fingerprint density at radius 2 is 2.50 bits per heavy atom. The molecule has 0 bridgehead atoms. The maximum Gasteiger partial charge on any atom is 0.236 e. The van der Waals surface area contributed by atoms with Crippen LogP contribution in [0.4, 0.5) is 0 Å². The van der Waals surface area contributed by atoms with Crippen molar-refractivity contribution in [2.24, 2.45) is 0 Å². The van der Waals surface area contributed by atoms with Gasteiger partial charge in [0.1, 0.15) is 0 Å². The monoisotopic (exact) mass is 157 g/mol. The van der Waals surface area contributed by atoms with Crippen LogP contribution in [-0.4, -0.2) is 17.7 Å². The molecule has 1 amide bonds. The van der Waals surface area contributed by atoms with Crippen LogP contribution in [0.3, 0.4) is 0 Å². The fraction of sp³-hybridized carbons (Fsp3) is 0.571. The van der Waals surface area contributed by atoms with Gasteiger partial charge in [0.2, 0.25) is 5.91 Å². The highest BCUT2D eigenvalue weighted by atomic mass is 32.2. The number of allylic oxidation sites excluding steroid dienone is 1. The minimum Gasteiger partial charge on any atom is -0.358 e. The molecule has 0 saturated carbocycles. The highest BCUT2D eigenvalue weighted by Gasteiger charge is 2.33. The first-order valence-corrected chi connectivity index (χ1v) is 4.12. The quantitative estimate of drug-likeness (QED) is 0.618. The highest BCUT2D eigenvalue weighted by Crippen LogP contribution is 2.35. The Bertz CT molecular complexity index is 168. The number of rotatable bonds is 1. The predicted octanol–water partition coefficient (Wildman–Crippen LogP) is 1.14. The first-order chi connectivity index (χ1) is 4.69. The summed E-state index contributed by atoms with van der Waals surface area (Å²) in [5, 5.41) is 4.63. The Morgan fingerprint density at radius 1 is 1.80 bits per heavy atom. The number of carbonyl (C=O) groups is 1. The van der Waals surface area contributed by atoms with Crippen LogP contribution in [0, 0.1) is 0 Å². The van der Waals surface area contributed by atoms with Gasteiger partial charge in [0.15, 0.2) is 0 Å². The zero-order valence-corrected chi connectivity index (χ0v) is 6.99. The van der Waals surface area contributed by atoms with E-state index in [1.54, 1.807) is 18.8 Å². The molecule has 0 aromatic heterocycles. The van der Waals surface area contributed by atoms with Crippen molar-refractivity contribution in [1.82, 2.24) is 5.32 Å². The van der Waals surface area contributed by atoms with Crippen LogP contribution >= 0.6 is 11.8 Å². The Hall–Kier alpha value is -0.440. The van der Waals surface area contributed by atoms with Gasteiger partial charge in [-0.25, -0.2) is 0 Å². The lowest BCUT2D eigenvalue weighted by atomic mass is 10.1. The van der Waals surface area contributed by atoms with Crippen molar-refractivity contribution in [3.63, 3.8) is 0 Å². The molecule has 0 radical (unpaired) electrons. The molecule has 1 aliphatic heterocycles. The molecule has 1 rings (SSSR count). The van der Waals surface area contributed by atoms with Crippen LogP contribution in [0.2, 0.25) is 0 Å². The van der Waals surface area contributed by atoms with Crippen LogP contribution in [-0.2, 0) is 4.79 Å². The summed E-state index contributed by atoms with van der Waals surface area (Å²) in [7, 11) is 1.67. The summed E-state index contributed by atoms with van der Waals surface area (Å²) in [5.41, 5.74) is 0. The van der Waals surface area contributed by atoms with E-state index in [2.05, 4.69) is 5.32 Å². The maximum absolute atomic E-state index is 11.2. The van der Waals surface area contributed by atoms with Crippen molar-refractivity contribution < 1.29 is 4.79 Å². The van der Waals surface area contributed by atoms with Gasteiger partial charge in [-0.15, -0.1) is 11.8 Å². The van der Waals surface area contributed by atoms with Crippen molar-refractivity contribution in [2.45, 2.75) is 18.1 Å². The van der Waals surface area contributed by atoms with Crippen molar-refractivity contribution in [3.05, 3.63) is 11.5 Å². The Labute approximate surface area is 65.1 Å². The van der Waals surface area contributed by atoms with Crippen LogP contribution in [0.5, 0.6) is 0 Å². The van der Waals surface area contributed by atoms with Gasteiger partial charge in [0.25, 0.3) is 0 Å². The molecule has 1 aliphatic rings. The average Bonchev–Trinajstić information content (AvgIpc) is 2.36. The summed E-state index contributed by atoms with van der Waals surface area (Å²) >= 11 is 1.58. The third-order valence-electron chi connectivity index (χ3n) is 1.64. The molecule has 0 fully saturated rings. The molecule has 1 heterocycles. The number of amides is 1. The molecule has 0 aromatic rings. The Kier molecular flexibility index (Phi) is 2.04. The molecule has 0 aliphatic carbocycles. The second-order valence-electron chi connectivity index (χ2n) is 2.50. The molecule has 1 unspecified atom stereocenters. The summed E-state index contributed by atoms with van der Waals surface area (Å²) in [6.07, 6.45) is 2.87. The van der Waals surface area contributed by atoms with E-state index >= 15 is 0 Å². The van der Waals surface area contributed by atoms with Crippen molar-refractivity contribution in [3.8, 4) is 0 Å². The summed E-state index contributed by atoms with van der Waals surface area (Å²) in [4.78, 5) is 11.2. The number of hydrogen-bond acceptors (Lipinski definition) is 2. The van der Waals surface area contributed by atoms with Crippen LogP contribution in [0.15, 0.2) is 11.5 Å². The number of thioether (sulfide) groups is 1. The zero-order valence-electron chi connectivity index (χ0n) is 6.18. The maximum atomic E-state index is 11.2. The van der Waals surface area contributed by atoms with E-state index in [0.717, 1.165) is 6.42 Å². The minimum absolute atomic E-state index is 0.113. The van der Waals surface area contributed by atoms with E-state index in [0.29, 0.717) is 0 Å². The molecule has 10 heavy (non-hydrogen) atoms. The molecule has 1 N–H and O–H groups in total. The van der Waals surface area contributed by atoms with Gasteiger partial charge < -0.3 is 5.32 Å². The van der Waals surface area contributed by atoms with Crippen LogP contribution in [0.25, 0.3) is 0 Å². The van der Waals surface area contributed by atoms with E-state index in [-0.39, 0.29) is 10.7 Å². The molecule has 56 valence electrons. The second kappa shape index (κ2) is 2.66. The van der Waals surface area contributed by atoms with E-state index in [4.69, 9.17) is 0 Å². The van der Waals surface area contributed by atoms with E-state index in [1.807, 2.05) is 18.4 Å². The van der Waals surface area contributed by atoms with Crippen LogP contribution < -0.4 is 5.32 Å². The topological polar surface area (TPSA) is 29.1 Å². The van der Waals surface area contributed by atoms with Gasteiger partial charge in [-0.3, -0.25) is 4.79 Å². The molecule has 0 aromatic carbocycles. The normalized spacial score (nSPS) is 30.6. The largest absolute Gasteiger partial charge is 0.358 e. The van der Waals surface area contributed by atoms with Gasteiger partial charge >= 0.3 is 0 Å². The van der Waals surface area contributed by atoms with Crippen molar-refractivity contribution >= 4 is 17.7 Å². The number of hydrogen-bond donors (Lipinski definition) is 1. The van der Waals surface area contributed by atoms with E-state index < -0.39 is 0 Å². The van der Waals surface area contributed by atoms with Gasteiger partial charge in [-0.2, -0.15) is 0 Å². The molecule has 0 spiro atoms. The van der Waals surface area contributed by atoms with Gasteiger partial charge in [0, 0.05) is 7.05 Å². The first-order valence-electron chi connectivity index (χ1n) is 3.24. The lowest BCUT2D eigenvalue weighted by molar-refractivity contribution is -0.122. The van der Waals surface area contributed by atoms with Gasteiger partial charge in [0.05, 0.1) is 4.75 Å². The third-order valence-corrected chi connectivity index (χ3v) is 2.84. The minimum atomic E-state index is -0.241. The molecule has 1 atom stereocenters. The third kappa shape index (κ3) is 1.19. The highest BCUT2D eigenvalue weighted by molar-refractivity contribution is 8.04. The predicted molar refractivity (Wildman–Crippen MR) is 43.8 cm³/mol. The first kappa shape index (κ1) is 7.66. The lowest BCUT2D eigenvalue weighted by Crippen LogP contribution is -2.38. The van der Waals surface area contributed by atoms with E-state index in [9.17, 15) is 4.79 Å². The number of carbonyl (C=O) groups excluding carboxylic acids is 1. The number of nitrogens with one attached hydrogen (secondary N) is 1. The lowest BCUT2D eigenvalue weighted by Gasteiger charge is -2.19. The molecule has 0 saturated heterocycles. The Morgan fingerprint density at radius 3 is 2.90 bits per heavy atom. The fourth-order valence-corrected chi connectivity index (χ4v) is 1.82. The van der Waals surface area contributed by atoms with Gasteiger partial charge in [-0.1, -0.05) is 6.08 Å². The smallest absolute Gasteiger partial charge is 0.236 e. The summed E-state index contributed by atoms with van der Waals surface area (Å²) < 4.78 is -0.241. The second-order valence-corrected chi connectivity index (χ2v) is 3.91. The van der Waals surface area contributed by atoms with Crippen LogP contribution in [0.1, 0.15) is 13.3 Å². The zero-order chi connectivity index (χ0) is 7.61. The SMILES string of the molecule is CNC(=O)C1(C)CC=CS1. The molecule has 3 heteroatoms. The summed E-state index contributed by atoms with van der Waals surface area (Å²) in [5.74, 6) is 0.113. The average molecular weight is 157 g/mol.